The molecule has 0 amide bonds. The number of aliphatic hydroxyl groups excluding tert-OH is 1. The van der Waals surface area contributed by atoms with E-state index in [0.29, 0.717) is 23.4 Å². The zero-order chi connectivity index (χ0) is 12.4. The largest absolute Gasteiger partial charge is 0.387 e. The first-order valence-corrected chi connectivity index (χ1v) is 5.48. The Hall–Kier alpha value is -1.75. The molecule has 1 aromatic heterocycles. The molecular weight excluding hydrogens is 221 g/mol. The number of benzene rings is 1. The summed E-state index contributed by atoms with van der Waals surface area (Å²) in [6, 6.07) is 4.84. The summed E-state index contributed by atoms with van der Waals surface area (Å²) in [5, 5.41) is 17.3. The molecule has 0 spiro atoms. The summed E-state index contributed by atoms with van der Waals surface area (Å²) < 4.78 is 14.8. The summed E-state index contributed by atoms with van der Waals surface area (Å²) in [6.07, 6.45) is 1.55. The van der Waals surface area contributed by atoms with Crippen LogP contribution in [0.1, 0.15) is 30.7 Å². The van der Waals surface area contributed by atoms with E-state index in [1.54, 1.807) is 25.3 Å². The zero-order valence-corrected chi connectivity index (χ0v) is 9.76. The molecule has 0 fully saturated rings. The van der Waals surface area contributed by atoms with Crippen LogP contribution in [0.3, 0.4) is 0 Å². The van der Waals surface area contributed by atoms with Crippen LogP contribution in [-0.4, -0.2) is 20.1 Å². The molecule has 1 unspecified atom stereocenters. The smallest absolute Gasteiger partial charge is 0.128 e. The molecule has 90 valence electrons. The first-order chi connectivity index (χ1) is 8.11. The van der Waals surface area contributed by atoms with Gasteiger partial charge < -0.3 is 5.11 Å². The van der Waals surface area contributed by atoms with Crippen molar-refractivity contribution in [1.82, 2.24) is 15.0 Å². The third kappa shape index (κ3) is 2.34. The fourth-order valence-corrected chi connectivity index (χ4v) is 1.49. The van der Waals surface area contributed by atoms with Crippen molar-refractivity contribution >= 4 is 0 Å². The molecule has 0 aliphatic rings. The summed E-state index contributed by atoms with van der Waals surface area (Å²) in [5.41, 5.74) is 1.67. The first-order valence-electron chi connectivity index (χ1n) is 5.48. The topological polar surface area (TPSA) is 50.9 Å². The van der Waals surface area contributed by atoms with E-state index in [2.05, 4.69) is 10.3 Å². The molecule has 0 radical (unpaired) electrons. The summed E-state index contributed by atoms with van der Waals surface area (Å²) in [4.78, 5) is 0. The highest BCUT2D eigenvalue weighted by Crippen LogP contribution is 2.16. The van der Waals surface area contributed by atoms with Gasteiger partial charge >= 0.3 is 0 Å². The summed E-state index contributed by atoms with van der Waals surface area (Å²) in [6.45, 7) is 3.56. The van der Waals surface area contributed by atoms with Gasteiger partial charge in [0.25, 0.3) is 0 Å². The van der Waals surface area contributed by atoms with Crippen LogP contribution >= 0.6 is 0 Å². The Bertz CT molecular complexity index is 524. The van der Waals surface area contributed by atoms with Gasteiger partial charge in [-0.1, -0.05) is 18.2 Å². The van der Waals surface area contributed by atoms with E-state index in [0.717, 1.165) is 0 Å². The van der Waals surface area contributed by atoms with Gasteiger partial charge in [0.15, 0.2) is 0 Å². The lowest BCUT2D eigenvalue weighted by atomic mass is 10.2. The minimum Gasteiger partial charge on any atom is -0.387 e. The molecule has 17 heavy (non-hydrogen) atoms. The van der Waals surface area contributed by atoms with Gasteiger partial charge in [-0.25, -0.2) is 9.07 Å². The van der Waals surface area contributed by atoms with Crippen molar-refractivity contribution in [3.63, 3.8) is 0 Å². The summed E-state index contributed by atoms with van der Waals surface area (Å²) >= 11 is 0. The number of aryl methyl sites for hydroxylation is 1. The predicted molar refractivity (Wildman–Crippen MR) is 61.3 cm³/mol. The molecule has 0 saturated carbocycles. The summed E-state index contributed by atoms with van der Waals surface area (Å²) in [7, 11) is 0. The fourth-order valence-electron chi connectivity index (χ4n) is 1.49. The van der Waals surface area contributed by atoms with Gasteiger partial charge in [0.2, 0.25) is 0 Å². The molecule has 1 N–H and O–H groups in total. The third-order valence-corrected chi connectivity index (χ3v) is 2.66. The highest BCUT2D eigenvalue weighted by molar-refractivity contribution is 5.34. The minimum atomic E-state index is -0.626. The quantitative estimate of drug-likeness (QED) is 0.886. The van der Waals surface area contributed by atoms with Crippen LogP contribution in [0.5, 0.6) is 0 Å². The van der Waals surface area contributed by atoms with Crippen LogP contribution in [0.2, 0.25) is 0 Å². The van der Waals surface area contributed by atoms with Gasteiger partial charge in [0.05, 0.1) is 18.0 Å². The Kier molecular flexibility index (Phi) is 3.19. The van der Waals surface area contributed by atoms with Crippen LogP contribution in [0.25, 0.3) is 5.69 Å². The molecule has 2 rings (SSSR count). The standard InChI is InChI=1S/C12H14FN3O/c1-3-12(17)11-7-16(15-14-11)9-5-4-8(2)10(13)6-9/h4-7,12,17H,3H2,1-2H3. The van der Waals surface area contributed by atoms with Gasteiger partial charge in [-0.15, -0.1) is 5.10 Å². The van der Waals surface area contributed by atoms with E-state index < -0.39 is 6.10 Å². The van der Waals surface area contributed by atoms with E-state index in [-0.39, 0.29) is 5.82 Å². The third-order valence-electron chi connectivity index (χ3n) is 2.66. The van der Waals surface area contributed by atoms with E-state index in [1.807, 2.05) is 6.92 Å². The Morgan fingerprint density at radius 2 is 2.24 bits per heavy atom. The lowest BCUT2D eigenvalue weighted by Crippen LogP contribution is -1.96. The van der Waals surface area contributed by atoms with E-state index in [1.165, 1.54) is 10.7 Å². The molecule has 0 aliphatic carbocycles. The van der Waals surface area contributed by atoms with Crippen LogP contribution in [0, 0.1) is 12.7 Å². The van der Waals surface area contributed by atoms with Gasteiger partial charge in [0, 0.05) is 0 Å². The maximum Gasteiger partial charge on any atom is 0.128 e. The van der Waals surface area contributed by atoms with Crippen molar-refractivity contribution in [2.75, 3.05) is 0 Å². The Morgan fingerprint density at radius 1 is 1.47 bits per heavy atom. The van der Waals surface area contributed by atoms with Crippen LogP contribution in [0.4, 0.5) is 4.39 Å². The van der Waals surface area contributed by atoms with Gasteiger partial charge in [-0.3, -0.25) is 0 Å². The number of aromatic nitrogens is 3. The van der Waals surface area contributed by atoms with Gasteiger partial charge in [0.1, 0.15) is 11.5 Å². The van der Waals surface area contributed by atoms with E-state index >= 15 is 0 Å². The lowest BCUT2D eigenvalue weighted by Gasteiger charge is -2.02. The Labute approximate surface area is 98.7 Å². The predicted octanol–water partition coefficient (Wildman–Crippen LogP) is 2.16. The number of rotatable bonds is 3. The normalized spacial score (nSPS) is 12.7. The van der Waals surface area contributed by atoms with Gasteiger partial charge in [-0.2, -0.15) is 0 Å². The van der Waals surface area contributed by atoms with Crippen LogP contribution < -0.4 is 0 Å². The van der Waals surface area contributed by atoms with E-state index in [4.69, 9.17) is 0 Å². The maximum atomic E-state index is 13.4. The van der Waals surface area contributed by atoms with Crippen molar-refractivity contribution in [3.8, 4) is 5.69 Å². The molecule has 0 aliphatic heterocycles. The molecule has 1 aromatic carbocycles. The number of aliphatic hydroxyl groups is 1. The van der Waals surface area contributed by atoms with E-state index in [9.17, 15) is 9.50 Å². The van der Waals surface area contributed by atoms with Crippen molar-refractivity contribution in [3.05, 3.63) is 41.5 Å². The van der Waals surface area contributed by atoms with Gasteiger partial charge in [-0.05, 0) is 31.0 Å². The molecule has 0 saturated heterocycles. The average Bonchev–Trinajstić information content (AvgIpc) is 2.81. The maximum absolute atomic E-state index is 13.4. The van der Waals surface area contributed by atoms with Crippen molar-refractivity contribution in [1.29, 1.82) is 0 Å². The molecule has 4 nitrogen and oxygen atoms in total. The second-order valence-electron chi connectivity index (χ2n) is 3.95. The number of hydrogen-bond acceptors (Lipinski definition) is 3. The monoisotopic (exact) mass is 235 g/mol. The summed E-state index contributed by atoms with van der Waals surface area (Å²) in [5.74, 6) is -0.282. The average molecular weight is 235 g/mol. The van der Waals surface area contributed by atoms with Crippen LogP contribution in [-0.2, 0) is 0 Å². The Morgan fingerprint density at radius 3 is 2.88 bits per heavy atom. The molecule has 5 heteroatoms. The Balaban J connectivity index is 2.33. The first kappa shape index (κ1) is 11.7. The minimum absolute atomic E-state index is 0.282. The zero-order valence-electron chi connectivity index (χ0n) is 9.76. The number of halogens is 1. The second kappa shape index (κ2) is 4.63. The molecule has 0 bridgehead atoms. The highest BCUT2D eigenvalue weighted by Gasteiger charge is 2.10. The SMILES string of the molecule is CCC(O)c1cn(-c2ccc(C)c(F)c2)nn1. The second-order valence-corrected chi connectivity index (χ2v) is 3.95. The van der Waals surface area contributed by atoms with Crippen LogP contribution in [0.15, 0.2) is 24.4 Å². The van der Waals surface area contributed by atoms with Crippen molar-refractivity contribution in [2.24, 2.45) is 0 Å². The van der Waals surface area contributed by atoms with Crippen molar-refractivity contribution < 1.29 is 9.50 Å². The molecule has 2 aromatic rings. The number of nitrogens with zero attached hydrogens (tertiary/aromatic N) is 3. The number of hydrogen-bond donors (Lipinski definition) is 1. The lowest BCUT2D eigenvalue weighted by molar-refractivity contribution is 0.169. The highest BCUT2D eigenvalue weighted by atomic mass is 19.1. The fraction of sp³-hybridized carbons (Fsp3) is 0.333. The molecule has 1 heterocycles. The molecular formula is C12H14FN3O. The molecule has 1 atom stereocenters. The van der Waals surface area contributed by atoms with Crippen molar-refractivity contribution in [2.45, 2.75) is 26.4 Å².